The lowest BCUT2D eigenvalue weighted by Crippen LogP contribution is -2.07. The zero-order chi connectivity index (χ0) is 12.8. The minimum absolute atomic E-state index is 0.186. The van der Waals surface area contributed by atoms with E-state index < -0.39 is 0 Å². The predicted octanol–water partition coefficient (Wildman–Crippen LogP) is 3.69. The van der Waals surface area contributed by atoms with Gasteiger partial charge in [0.1, 0.15) is 5.75 Å². The molecule has 1 aromatic carbocycles. The highest BCUT2D eigenvalue weighted by Gasteiger charge is 2.16. The highest BCUT2D eigenvalue weighted by Crippen LogP contribution is 2.32. The van der Waals surface area contributed by atoms with Gasteiger partial charge in [0.05, 0.1) is 13.7 Å². The highest BCUT2D eigenvalue weighted by molar-refractivity contribution is 5.40. The van der Waals surface area contributed by atoms with E-state index in [0.717, 1.165) is 24.2 Å². The zero-order valence-electron chi connectivity index (χ0n) is 11.4. The summed E-state index contributed by atoms with van der Waals surface area (Å²) in [5.74, 6) is 1.58. The molecule has 0 aliphatic carbocycles. The second kappa shape index (κ2) is 6.65. The highest BCUT2D eigenvalue weighted by atomic mass is 16.5. The molecule has 0 heterocycles. The maximum absolute atomic E-state index is 9.50. The molecule has 0 aliphatic heterocycles. The molecular formula is C15H24O2. The summed E-state index contributed by atoms with van der Waals surface area (Å²) in [5, 5.41) is 9.50. The van der Waals surface area contributed by atoms with Crippen molar-refractivity contribution in [3.63, 3.8) is 0 Å². The summed E-state index contributed by atoms with van der Waals surface area (Å²) < 4.78 is 5.40. The Labute approximate surface area is 105 Å². The molecule has 0 fully saturated rings. The molecule has 0 saturated carbocycles. The van der Waals surface area contributed by atoms with Gasteiger partial charge in [-0.3, -0.25) is 0 Å². The Morgan fingerprint density at radius 2 is 2.00 bits per heavy atom. The second-order valence-corrected chi connectivity index (χ2v) is 4.82. The minimum Gasteiger partial charge on any atom is -0.496 e. The van der Waals surface area contributed by atoms with E-state index in [1.807, 2.05) is 6.07 Å². The summed E-state index contributed by atoms with van der Waals surface area (Å²) in [4.78, 5) is 0. The van der Waals surface area contributed by atoms with Gasteiger partial charge in [0.15, 0.2) is 0 Å². The number of ether oxygens (including phenoxy) is 1. The van der Waals surface area contributed by atoms with Gasteiger partial charge in [-0.05, 0) is 29.5 Å². The van der Waals surface area contributed by atoms with Gasteiger partial charge < -0.3 is 9.84 Å². The van der Waals surface area contributed by atoms with Crippen molar-refractivity contribution in [1.29, 1.82) is 0 Å². The maximum Gasteiger partial charge on any atom is 0.122 e. The first-order valence-electron chi connectivity index (χ1n) is 6.42. The zero-order valence-corrected chi connectivity index (χ0v) is 11.4. The van der Waals surface area contributed by atoms with Crippen LogP contribution in [0.25, 0.3) is 0 Å². The van der Waals surface area contributed by atoms with E-state index >= 15 is 0 Å². The lowest BCUT2D eigenvalue weighted by Gasteiger charge is -2.19. The predicted molar refractivity (Wildman–Crippen MR) is 71.8 cm³/mol. The monoisotopic (exact) mass is 236 g/mol. The Hall–Kier alpha value is -1.02. The van der Waals surface area contributed by atoms with Crippen LogP contribution >= 0.6 is 0 Å². The van der Waals surface area contributed by atoms with Gasteiger partial charge in [0.2, 0.25) is 0 Å². The van der Waals surface area contributed by atoms with Crippen LogP contribution in [0.15, 0.2) is 18.2 Å². The standard InChI is InChI=1S/C15H24O2/c1-5-6-13(10-16)14-9-12(11(2)3)7-8-15(14)17-4/h7-9,11,13,16H,5-6,10H2,1-4H3. The summed E-state index contributed by atoms with van der Waals surface area (Å²) in [6.07, 6.45) is 2.06. The molecule has 0 bridgehead atoms. The topological polar surface area (TPSA) is 29.5 Å². The summed E-state index contributed by atoms with van der Waals surface area (Å²) in [5.41, 5.74) is 2.44. The van der Waals surface area contributed by atoms with Crippen LogP contribution in [0.3, 0.4) is 0 Å². The first-order valence-corrected chi connectivity index (χ1v) is 6.42. The fraction of sp³-hybridized carbons (Fsp3) is 0.600. The van der Waals surface area contributed by atoms with E-state index in [9.17, 15) is 5.11 Å². The van der Waals surface area contributed by atoms with E-state index in [2.05, 4.69) is 32.9 Å². The smallest absolute Gasteiger partial charge is 0.122 e. The Bertz CT molecular complexity index is 345. The van der Waals surface area contributed by atoms with Gasteiger partial charge in [-0.2, -0.15) is 0 Å². The van der Waals surface area contributed by atoms with Crippen molar-refractivity contribution in [1.82, 2.24) is 0 Å². The van der Waals surface area contributed by atoms with Crippen molar-refractivity contribution >= 4 is 0 Å². The Balaban J connectivity index is 3.11. The molecule has 1 atom stereocenters. The molecule has 1 unspecified atom stereocenters. The number of benzene rings is 1. The van der Waals surface area contributed by atoms with E-state index in [0.29, 0.717) is 5.92 Å². The third kappa shape index (κ3) is 3.47. The SMILES string of the molecule is CCCC(CO)c1cc(C(C)C)ccc1OC. The van der Waals surface area contributed by atoms with Crippen LogP contribution in [0.1, 0.15) is 56.6 Å². The molecule has 1 N–H and O–H groups in total. The van der Waals surface area contributed by atoms with Crippen LogP contribution in [0.4, 0.5) is 0 Å². The molecule has 0 radical (unpaired) electrons. The number of aliphatic hydroxyl groups is 1. The summed E-state index contributed by atoms with van der Waals surface area (Å²) in [6.45, 7) is 6.69. The minimum atomic E-state index is 0.186. The lowest BCUT2D eigenvalue weighted by atomic mass is 9.90. The first-order chi connectivity index (χ1) is 8.13. The molecule has 2 heteroatoms. The number of hydrogen-bond donors (Lipinski definition) is 1. The van der Waals surface area contributed by atoms with Gasteiger partial charge in [0.25, 0.3) is 0 Å². The first kappa shape index (κ1) is 14.0. The van der Waals surface area contributed by atoms with Gasteiger partial charge in [0, 0.05) is 5.92 Å². The van der Waals surface area contributed by atoms with Crippen LogP contribution in [-0.2, 0) is 0 Å². The number of aliphatic hydroxyl groups excluding tert-OH is 1. The van der Waals surface area contributed by atoms with Gasteiger partial charge in [-0.1, -0.05) is 39.3 Å². The van der Waals surface area contributed by atoms with E-state index in [-0.39, 0.29) is 12.5 Å². The summed E-state index contributed by atoms with van der Waals surface area (Å²) in [7, 11) is 1.69. The fourth-order valence-electron chi connectivity index (χ4n) is 2.12. The summed E-state index contributed by atoms with van der Waals surface area (Å²) in [6, 6.07) is 6.30. The number of rotatable bonds is 6. The van der Waals surface area contributed by atoms with Crippen molar-refractivity contribution in [2.75, 3.05) is 13.7 Å². The van der Waals surface area contributed by atoms with Crippen molar-refractivity contribution < 1.29 is 9.84 Å². The van der Waals surface area contributed by atoms with E-state index in [1.165, 1.54) is 5.56 Å². The van der Waals surface area contributed by atoms with Crippen molar-refractivity contribution in [2.24, 2.45) is 0 Å². The van der Waals surface area contributed by atoms with Crippen molar-refractivity contribution in [2.45, 2.75) is 45.4 Å². The van der Waals surface area contributed by atoms with Crippen LogP contribution in [0.5, 0.6) is 5.75 Å². The van der Waals surface area contributed by atoms with E-state index in [4.69, 9.17) is 4.74 Å². The third-order valence-corrected chi connectivity index (χ3v) is 3.22. The average molecular weight is 236 g/mol. The van der Waals surface area contributed by atoms with Crippen LogP contribution in [0, 0.1) is 0 Å². The van der Waals surface area contributed by atoms with Crippen molar-refractivity contribution in [3.8, 4) is 5.75 Å². The number of methoxy groups -OCH3 is 1. The molecular weight excluding hydrogens is 212 g/mol. The quantitative estimate of drug-likeness (QED) is 0.816. The van der Waals surface area contributed by atoms with Crippen LogP contribution < -0.4 is 4.74 Å². The van der Waals surface area contributed by atoms with Gasteiger partial charge in [-0.15, -0.1) is 0 Å². The van der Waals surface area contributed by atoms with Crippen LogP contribution in [0.2, 0.25) is 0 Å². The fourth-order valence-corrected chi connectivity index (χ4v) is 2.12. The van der Waals surface area contributed by atoms with Gasteiger partial charge in [-0.25, -0.2) is 0 Å². The Morgan fingerprint density at radius 3 is 2.47 bits per heavy atom. The number of hydrogen-bond acceptors (Lipinski definition) is 2. The molecule has 0 amide bonds. The van der Waals surface area contributed by atoms with Crippen molar-refractivity contribution in [3.05, 3.63) is 29.3 Å². The van der Waals surface area contributed by atoms with E-state index in [1.54, 1.807) is 7.11 Å². The maximum atomic E-state index is 9.50. The molecule has 1 aromatic rings. The third-order valence-electron chi connectivity index (χ3n) is 3.22. The van der Waals surface area contributed by atoms with Crippen LogP contribution in [-0.4, -0.2) is 18.8 Å². The molecule has 0 aromatic heterocycles. The molecule has 96 valence electrons. The average Bonchev–Trinajstić information content (AvgIpc) is 2.35. The second-order valence-electron chi connectivity index (χ2n) is 4.82. The molecule has 1 rings (SSSR count). The lowest BCUT2D eigenvalue weighted by molar-refractivity contribution is 0.255. The Morgan fingerprint density at radius 1 is 1.29 bits per heavy atom. The largest absolute Gasteiger partial charge is 0.496 e. The summed E-state index contributed by atoms with van der Waals surface area (Å²) >= 11 is 0. The Kier molecular flexibility index (Phi) is 5.49. The normalized spacial score (nSPS) is 12.8. The molecule has 0 saturated heterocycles. The molecule has 0 aliphatic rings. The molecule has 17 heavy (non-hydrogen) atoms. The molecule has 0 spiro atoms. The molecule has 2 nitrogen and oxygen atoms in total. The van der Waals surface area contributed by atoms with Gasteiger partial charge >= 0.3 is 0 Å².